The van der Waals surface area contributed by atoms with Gasteiger partial charge in [-0.2, -0.15) is 0 Å². The van der Waals surface area contributed by atoms with E-state index in [-0.39, 0.29) is 22.6 Å². The van der Waals surface area contributed by atoms with Gasteiger partial charge < -0.3 is 9.26 Å². The van der Waals surface area contributed by atoms with Gasteiger partial charge in [0.1, 0.15) is 0 Å². The second kappa shape index (κ2) is 7.78. The number of benzene rings is 1. The molecule has 0 aliphatic rings. The van der Waals surface area contributed by atoms with Gasteiger partial charge in [0.15, 0.2) is 6.61 Å². The van der Waals surface area contributed by atoms with E-state index in [1.165, 1.54) is 12.1 Å². The first-order valence-electron chi connectivity index (χ1n) is 7.97. The van der Waals surface area contributed by atoms with Crippen LogP contribution in [0, 0.1) is 0 Å². The maximum Gasteiger partial charge on any atom is 0.340 e. The Bertz CT molecular complexity index is 944. The number of ether oxygens (including phenoxy) is 1. The zero-order chi connectivity index (χ0) is 20.2. The Morgan fingerprint density at radius 3 is 2.48 bits per heavy atom. The lowest BCUT2D eigenvalue weighted by molar-refractivity contribution is -0.119. The Balaban J connectivity index is 1.98. The molecule has 2 N–H and O–H groups in total. The minimum atomic E-state index is -3.57. The SMILES string of the molecule is CC(C)(C)c1cc(NC(=O)COC(=O)c2ccccc2NS(C)(=O)=O)on1. The highest BCUT2D eigenvalue weighted by Crippen LogP contribution is 2.23. The molecule has 0 atom stereocenters. The monoisotopic (exact) mass is 395 g/mol. The molecule has 0 unspecified atom stereocenters. The predicted molar refractivity (Wildman–Crippen MR) is 99.0 cm³/mol. The minimum Gasteiger partial charge on any atom is -0.452 e. The van der Waals surface area contributed by atoms with Crippen LogP contribution in [0.3, 0.4) is 0 Å². The van der Waals surface area contributed by atoms with Gasteiger partial charge in [-0.15, -0.1) is 0 Å². The predicted octanol–water partition coefficient (Wildman–Crippen LogP) is 2.14. The van der Waals surface area contributed by atoms with E-state index in [0.717, 1.165) is 6.26 Å². The van der Waals surface area contributed by atoms with Crippen molar-refractivity contribution in [2.75, 3.05) is 22.9 Å². The molecule has 1 heterocycles. The summed E-state index contributed by atoms with van der Waals surface area (Å²) >= 11 is 0. The van der Waals surface area contributed by atoms with Crippen molar-refractivity contribution in [3.8, 4) is 0 Å². The molecule has 0 aliphatic carbocycles. The lowest BCUT2D eigenvalue weighted by atomic mass is 9.92. The van der Waals surface area contributed by atoms with Crippen LogP contribution in [0.2, 0.25) is 0 Å². The summed E-state index contributed by atoms with van der Waals surface area (Å²) in [7, 11) is -3.57. The number of carbonyl (C=O) groups is 2. The summed E-state index contributed by atoms with van der Waals surface area (Å²) < 4.78 is 34.9. The van der Waals surface area contributed by atoms with Crippen molar-refractivity contribution >= 4 is 33.5 Å². The fraction of sp³-hybridized carbons (Fsp3) is 0.353. The molecule has 2 rings (SSSR count). The van der Waals surface area contributed by atoms with Crippen molar-refractivity contribution < 1.29 is 27.3 Å². The molecule has 146 valence electrons. The van der Waals surface area contributed by atoms with Gasteiger partial charge in [-0.3, -0.25) is 14.8 Å². The van der Waals surface area contributed by atoms with Gasteiger partial charge in [0.2, 0.25) is 15.9 Å². The maximum absolute atomic E-state index is 12.2. The number of hydrogen-bond donors (Lipinski definition) is 2. The molecular formula is C17H21N3O6S. The van der Waals surface area contributed by atoms with Crippen LogP contribution in [0.25, 0.3) is 0 Å². The van der Waals surface area contributed by atoms with Crippen molar-refractivity contribution in [2.24, 2.45) is 0 Å². The van der Waals surface area contributed by atoms with Crippen LogP contribution in [0.4, 0.5) is 11.6 Å². The van der Waals surface area contributed by atoms with Gasteiger partial charge >= 0.3 is 5.97 Å². The minimum absolute atomic E-state index is 0.00888. The number of para-hydroxylation sites is 1. The molecule has 2 aromatic rings. The van der Waals surface area contributed by atoms with E-state index < -0.39 is 28.5 Å². The first-order valence-corrected chi connectivity index (χ1v) is 9.86. The number of aromatic nitrogens is 1. The van der Waals surface area contributed by atoms with Gasteiger partial charge in [-0.25, -0.2) is 13.2 Å². The first-order chi connectivity index (χ1) is 12.5. The van der Waals surface area contributed by atoms with Crippen LogP contribution in [0.1, 0.15) is 36.8 Å². The third kappa shape index (κ3) is 6.10. The van der Waals surface area contributed by atoms with E-state index >= 15 is 0 Å². The Morgan fingerprint density at radius 1 is 1.22 bits per heavy atom. The molecule has 0 spiro atoms. The van der Waals surface area contributed by atoms with Crippen molar-refractivity contribution in [1.82, 2.24) is 5.16 Å². The van der Waals surface area contributed by atoms with E-state index in [0.29, 0.717) is 5.69 Å². The Kier molecular flexibility index (Phi) is 5.89. The largest absolute Gasteiger partial charge is 0.452 e. The summed E-state index contributed by atoms with van der Waals surface area (Å²) in [4.78, 5) is 24.1. The molecule has 0 fully saturated rings. The maximum atomic E-state index is 12.2. The van der Waals surface area contributed by atoms with Gasteiger partial charge in [0.25, 0.3) is 5.91 Å². The molecule has 10 heteroatoms. The fourth-order valence-electron chi connectivity index (χ4n) is 2.02. The average Bonchev–Trinajstić information content (AvgIpc) is 3.00. The van der Waals surface area contributed by atoms with Crippen molar-refractivity contribution in [3.63, 3.8) is 0 Å². The number of rotatable bonds is 6. The molecular weight excluding hydrogens is 374 g/mol. The van der Waals surface area contributed by atoms with Crippen molar-refractivity contribution in [3.05, 3.63) is 41.6 Å². The topological polar surface area (TPSA) is 128 Å². The summed E-state index contributed by atoms with van der Waals surface area (Å²) in [5, 5.41) is 6.30. The molecule has 0 bridgehead atoms. The summed E-state index contributed by atoms with van der Waals surface area (Å²) in [5.74, 6) is -1.32. The van der Waals surface area contributed by atoms with Crippen molar-refractivity contribution in [2.45, 2.75) is 26.2 Å². The standard InChI is InChI=1S/C17H21N3O6S/c1-17(2,3)13-9-15(26-19-13)18-14(21)10-25-16(22)11-7-5-6-8-12(11)20-27(4,23)24/h5-9,20H,10H2,1-4H3,(H,18,21). The Labute approximate surface area is 157 Å². The third-order valence-electron chi connectivity index (χ3n) is 3.32. The van der Waals surface area contributed by atoms with Crippen LogP contribution in [0.15, 0.2) is 34.9 Å². The fourth-order valence-corrected chi connectivity index (χ4v) is 2.60. The molecule has 0 radical (unpaired) electrons. The summed E-state index contributed by atoms with van der Waals surface area (Å²) in [6.07, 6.45) is 0.964. The highest BCUT2D eigenvalue weighted by molar-refractivity contribution is 7.92. The lowest BCUT2D eigenvalue weighted by Gasteiger charge is -2.12. The summed E-state index contributed by atoms with van der Waals surface area (Å²) in [6.45, 7) is 5.26. The van der Waals surface area contributed by atoms with E-state index in [9.17, 15) is 18.0 Å². The molecule has 0 aliphatic heterocycles. The van der Waals surface area contributed by atoms with Gasteiger partial charge in [0, 0.05) is 11.5 Å². The van der Waals surface area contributed by atoms with Crippen LogP contribution in [-0.4, -0.2) is 38.3 Å². The number of esters is 1. The summed E-state index contributed by atoms with van der Waals surface area (Å²) in [5.41, 5.74) is 0.478. The molecule has 0 saturated carbocycles. The zero-order valence-corrected chi connectivity index (χ0v) is 16.2. The number of anilines is 2. The van der Waals surface area contributed by atoms with Crippen LogP contribution in [0.5, 0.6) is 0 Å². The van der Waals surface area contributed by atoms with Crippen LogP contribution >= 0.6 is 0 Å². The van der Waals surface area contributed by atoms with E-state index in [1.807, 2.05) is 20.8 Å². The lowest BCUT2D eigenvalue weighted by Crippen LogP contribution is -2.21. The normalized spacial score (nSPS) is 11.7. The zero-order valence-electron chi connectivity index (χ0n) is 15.4. The van der Waals surface area contributed by atoms with Gasteiger partial charge in [0.05, 0.1) is 23.2 Å². The number of nitrogens with zero attached hydrogens (tertiary/aromatic N) is 1. The van der Waals surface area contributed by atoms with E-state index in [4.69, 9.17) is 9.26 Å². The van der Waals surface area contributed by atoms with Crippen LogP contribution in [-0.2, 0) is 25.0 Å². The van der Waals surface area contributed by atoms with Gasteiger partial charge in [-0.1, -0.05) is 38.1 Å². The molecule has 27 heavy (non-hydrogen) atoms. The highest BCUT2D eigenvalue weighted by atomic mass is 32.2. The number of sulfonamides is 1. The third-order valence-corrected chi connectivity index (χ3v) is 3.91. The first kappa shape index (κ1) is 20.4. The smallest absolute Gasteiger partial charge is 0.340 e. The molecule has 1 amide bonds. The molecule has 0 saturated heterocycles. The second-order valence-corrected chi connectivity index (χ2v) is 8.62. The quantitative estimate of drug-likeness (QED) is 0.717. The average molecular weight is 395 g/mol. The molecule has 1 aromatic heterocycles. The number of hydrogen-bond acceptors (Lipinski definition) is 7. The number of amides is 1. The Morgan fingerprint density at radius 2 is 1.89 bits per heavy atom. The second-order valence-electron chi connectivity index (χ2n) is 6.87. The highest BCUT2D eigenvalue weighted by Gasteiger charge is 2.20. The van der Waals surface area contributed by atoms with Crippen molar-refractivity contribution in [1.29, 1.82) is 0 Å². The van der Waals surface area contributed by atoms with Gasteiger partial charge in [-0.05, 0) is 12.1 Å². The summed E-state index contributed by atoms with van der Waals surface area (Å²) in [6, 6.07) is 7.51. The molecule has 9 nitrogen and oxygen atoms in total. The number of carbonyl (C=O) groups excluding carboxylic acids is 2. The Hall–Kier alpha value is -2.88. The van der Waals surface area contributed by atoms with E-state index in [1.54, 1.807) is 18.2 Å². The molecule has 1 aromatic carbocycles. The van der Waals surface area contributed by atoms with E-state index in [2.05, 4.69) is 15.2 Å². The number of nitrogens with one attached hydrogen (secondary N) is 2. The van der Waals surface area contributed by atoms with Crippen LogP contribution < -0.4 is 10.0 Å².